The Morgan fingerprint density at radius 2 is 2.19 bits per heavy atom. The van der Waals surface area contributed by atoms with Gasteiger partial charge in [-0.2, -0.15) is 0 Å². The van der Waals surface area contributed by atoms with Gasteiger partial charge in [0, 0.05) is 12.6 Å². The number of rotatable bonds is 4. The number of amides is 1. The molecule has 1 heterocycles. The Hall–Kier alpha value is -0.960. The third-order valence-electron chi connectivity index (χ3n) is 3.25. The van der Waals surface area contributed by atoms with E-state index in [1.807, 2.05) is 4.90 Å². The molecule has 3 nitrogen and oxygen atoms in total. The van der Waals surface area contributed by atoms with Gasteiger partial charge in [-0.15, -0.1) is 0 Å². The normalized spacial score (nSPS) is 19.8. The standard InChI is InChI=1S/C12H14ClNO2/c13-11-10(5-6-16-11)12(15)14(9-3-4-9)7-8-1-2-8/h5-6,8-9H,1-4,7H2. The largest absolute Gasteiger partial charge is 0.452 e. The highest BCUT2D eigenvalue weighted by Gasteiger charge is 2.37. The van der Waals surface area contributed by atoms with Crippen molar-refractivity contribution in [3.63, 3.8) is 0 Å². The molecule has 2 fully saturated rings. The van der Waals surface area contributed by atoms with Crippen molar-refractivity contribution in [2.75, 3.05) is 6.54 Å². The zero-order valence-corrected chi connectivity index (χ0v) is 9.74. The summed E-state index contributed by atoms with van der Waals surface area (Å²) in [6.07, 6.45) is 6.25. The van der Waals surface area contributed by atoms with Crippen molar-refractivity contribution in [2.24, 2.45) is 5.92 Å². The summed E-state index contributed by atoms with van der Waals surface area (Å²) in [5.74, 6) is 0.753. The lowest BCUT2D eigenvalue weighted by Crippen LogP contribution is -2.34. The highest BCUT2D eigenvalue weighted by atomic mass is 35.5. The van der Waals surface area contributed by atoms with Crippen molar-refractivity contribution >= 4 is 17.5 Å². The topological polar surface area (TPSA) is 33.5 Å². The van der Waals surface area contributed by atoms with Crippen molar-refractivity contribution in [1.29, 1.82) is 0 Å². The van der Waals surface area contributed by atoms with Crippen LogP contribution in [0, 0.1) is 5.92 Å². The molecule has 86 valence electrons. The van der Waals surface area contributed by atoms with Crippen LogP contribution < -0.4 is 0 Å². The number of hydrogen-bond acceptors (Lipinski definition) is 2. The van der Waals surface area contributed by atoms with Crippen molar-refractivity contribution in [3.8, 4) is 0 Å². The summed E-state index contributed by atoms with van der Waals surface area (Å²) in [7, 11) is 0. The fraction of sp³-hybridized carbons (Fsp3) is 0.583. The summed E-state index contributed by atoms with van der Waals surface area (Å²) < 4.78 is 4.97. The zero-order valence-electron chi connectivity index (χ0n) is 8.99. The van der Waals surface area contributed by atoms with Crippen LogP contribution in [0.25, 0.3) is 0 Å². The van der Waals surface area contributed by atoms with E-state index >= 15 is 0 Å². The van der Waals surface area contributed by atoms with Crippen molar-refractivity contribution in [2.45, 2.75) is 31.7 Å². The molecule has 0 saturated heterocycles. The Balaban J connectivity index is 1.77. The second-order valence-corrected chi connectivity index (χ2v) is 5.08. The fourth-order valence-corrected chi connectivity index (χ4v) is 2.16. The van der Waals surface area contributed by atoms with E-state index in [2.05, 4.69) is 0 Å². The lowest BCUT2D eigenvalue weighted by molar-refractivity contribution is 0.0734. The van der Waals surface area contributed by atoms with Crippen LogP contribution in [0.2, 0.25) is 5.22 Å². The maximum Gasteiger partial charge on any atom is 0.258 e. The highest BCUT2D eigenvalue weighted by Crippen LogP contribution is 2.36. The van der Waals surface area contributed by atoms with Gasteiger partial charge in [-0.25, -0.2) is 0 Å². The Morgan fingerprint density at radius 3 is 2.69 bits per heavy atom. The molecule has 1 aromatic heterocycles. The third kappa shape index (κ3) is 1.96. The first-order valence-electron chi connectivity index (χ1n) is 5.79. The summed E-state index contributed by atoms with van der Waals surface area (Å²) in [4.78, 5) is 14.2. The van der Waals surface area contributed by atoms with E-state index in [0.29, 0.717) is 11.6 Å². The van der Waals surface area contributed by atoms with Crippen LogP contribution in [0.1, 0.15) is 36.0 Å². The number of carbonyl (C=O) groups is 1. The Labute approximate surface area is 99.4 Å². The molecule has 0 atom stereocenters. The molecule has 0 unspecified atom stereocenters. The average Bonchev–Trinajstić information content (AvgIpc) is 3.14. The predicted octanol–water partition coefficient (Wildman–Crippen LogP) is 2.95. The maximum atomic E-state index is 12.3. The Morgan fingerprint density at radius 1 is 1.44 bits per heavy atom. The van der Waals surface area contributed by atoms with Gasteiger partial charge in [0.15, 0.2) is 0 Å². The van der Waals surface area contributed by atoms with Crippen LogP contribution in [-0.2, 0) is 0 Å². The molecular weight excluding hydrogens is 226 g/mol. The molecule has 16 heavy (non-hydrogen) atoms. The first kappa shape index (κ1) is 10.2. The van der Waals surface area contributed by atoms with Crippen LogP contribution in [0.4, 0.5) is 0 Å². The summed E-state index contributed by atoms with van der Waals surface area (Å²) in [5.41, 5.74) is 0.509. The molecule has 3 rings (SSSR count). The first-order valence-corrected chi connectivity index (χ1v) is 6.17. The molecule has 0 bridgehead atoms. The van der Waals surface area contributed by atoms with E-state index in [-0.39, 0.29) is 11.1 Å². The van der Waals surface area contributed by atoms with E-state index in [1.54, 1.807) is 6.07 Å². The zero-order chi connectivity index (χ0) is 11.1. The monoisotopic (exact) mass is 239 g/mol. The molecule has 2 aliphatic carbocycles. The van der Waals surface area contributed by atoms with Gasteiger partial charge in [-0.3, -0.25) is 4.79 Å². The highest BCUT2D eigenvalue weighted by molar-refractivity contribution is 6.32. The summed E-state index contributed by atoms with van der Waals surface area (Å²) in [6.45, 7) is 0.894. The lowest BCUT2D eigenvalue weighted by atomic mass is 10.2. The molecule has 1 aromatic rings. The molecule has 0 aliphatic heterocycles. The first-order chi connectivity index (χ1) is 7.75. The molecule has 2 aliphatic rings. The Kier molecular flexibility index (Phi) is 2.43. The second-order valence-electron chi connectivity index (χ2n) is 4.74. The minimum atomic E-state index is 0.0353. The van der Waals surface area contributed by atoms with E-state index < -0.39 is 0 Å². The van der Waals surface area contributed by atoms with Gasteiger partial charge in [-0.1, -0.05) is 0 Å². The van der Waals surface area contributed by atoms with Gasteiger partial charge in [0.2, 0.25) is 5.22 Å². The van der Waals surface area contributed by atoms with E-state index in [1.165, 1.54) is 19.1 Å². The minimum Gasteiger partial charge on any atom is -0.452 e. The second kappa shape index (κ2) is 3.81. The lowest BCUT2D eigenvalue weighted by Gasteiger charge is -2.21. The summed E-state index contributed by atoms with van der Waals surface area (Å²) in [6, 6.07) is 2.10. The van der Waals surface area contributed by atoms with Crippen LogP contribution in [0.15, 0.2) is 16.7 Å². The molecule has 0 aromatic carbocycles. The van der Waals surface area contributed by atoms with Gasteiger partial charge < -0.3 is 9.32 Å². The van der Waals surface area contributed by atoms with Gasteiger partial charge in [0.25, 0.3) is 5.91 Å². The third-order valence-corrected chi connectivity index (χ3v) is 3.54. The van der Waals surface area contributed by atoms with Gasteiger partial charge in [0.05, 0.1) is 11.8 Å². The quantitative estimate of drug-likeness (QED) is 0.810. The molecule has 0 spiro atoms. The summed E-state index contributed by atoms with van der Waals surface area (Å²) >= 11 is 5.84. The number of halogens is 1. The van der Waals surface area contributed by atoms with E-state index in [4.69, 9.17) is 16.0 Å². The van der Waals surface area contributed by atoms with E-state index in [9.17, 15) is 4.79 Å². The van der Waals surface area contributed by atoms with Crippen molar-refractivity contribution in [3.05, 3.63) is 23.1 Å². The summed E-state index contributed by atoms with van der Waals surface area (Å²) in [5, 5.41) is 0.214. The van der Waals surface area contributed by atoms with Gasteiger partial charge >= 0.3 is 0 Å². The molecule has 1 amide bonds. The van der Waals surface area contributed by atoms with Crippen molar-refractivity contribution in [1.82, 2.24) is 4.90 Å². The minimum absolute atomic E-state index is 0.0353. The van der Waals surface area contributed by atoms with Gasteiger partial charge in [-0.05, 0) is 49.3 Å². The average molecular weight is 240 g/mol. The molecular formula is C12H14ClNO2. The molecule has 4 heteroatoms. The molecule has 0 radical (unpaired) electrons. The number of carbonyl (C=O) groups excluding carboxylic acids is 1. The number of hydrogen-bond donors (Lipinski definition) is 0. The van der Waals surface area contributed by atoms with Crippen LogP contribution in [0.5, 0.6) is 0 Å². The van der Waals surface area contributed by atoms with Crippen LogP contribution in [-0.4, -0.2) is 23.4 Å². The predicted molar refractivity (Wildman–Crippen MR) is 60.5 cm³/mol. The molecule has 2 saturated carbocycles. The Bertz CT molecular complexity index is 407. The maximum absolute atomic E-state index is 12.3. The van der Waals surface area contributed by atoms with Crippen molar-refractivity contribution < 1.29 is 9.21 Å². The number of furan rings is 1. The SMILES string of the molecule is O=C(c1ccoc1Cl)N(CC1CC1)C1CC1. The van der Waals surface area contributed by atoms with E-state index in [0.717, 1.165) is 25.3 Å². The van der Waals surface area contributed by atoms with Gasteiger partial charge in [0.1, 0.15) is 0 Å². The van der Waals surface area contributed by atoms with Crippen LogP contribution >= 0.6 is 11.6 Å². The number of nitrogens with zero attached hydrogens (tertiary/aromatic N) is 1. The van der Waals surface area contributed by atoms with Crippen LogP contribution in [0.3, 0.4) is 0 Å². The molecule has 0 N–H and O–H groups in total. The fourth-order valence-electron chi connectivity index (χ4n) is 1.96. The smallest absolute Gasteiger partial charge is 0.258 e.